The van der Waals surface area contributed by atoms with E-state index in [2.05, 4.69) is 0 Å². The van der Waals surface area contributed by atoms with E-state index in [9.17, 15) is 13.2 Å². The first-order valence-electron chi connectivity index (χ1n) is 5.18. The molecule has 0 fully saturated rings. The lowest BCUT2D eigenvalue weighted by Crippen LogP contribution is -2.37. The molecule has 0 heterocycles. The number of anilines is 1. The van der Waals surface area contributed by atoms with E-state index in [1.165, 1.54) is 0 Å². The maximum absolute atomic E-state index is 12.4. The lowest BCUT2D eigenvalue weighted by molar-refractivity contribution is -0.119. The molecule has 1 aromatic rings. The molecular formula is C11H15F3N2O. The van der Waals surface area contributed by atoms with Crippen LogP contribution in [0.2, 0.25) is 0 Å². The second kappa shape index (κ2) is 5.88. The second-order valence-electron chi connectivity index (χ2n) is 3.59. The van der Waals surface area contributed by atoms with Crippen molar-refractivity contribution in [2.75, 3.05) is 24.6 Å². The fraction of sp³-hybridized carbons (Fsp3) is 0.455. The third-order valence-corrected chi connectivity index (χ3v) is 2.29. The highest BCUT2D eigenvalue weighted by Gasteiger charge is 2.31. The summed E-state index contributed by atoms with van der Waals surface area (Å²) in [6, 6.07) is 6.62. The second-order valence-corrected chi connectivity index (χ2v) is 3.59. The van der Waals surface area contributed by atoms with Crippen molar-refractivity contribution in [2.24, 2.45) is 5.73 Å². The molecule has 3 N–H and O–H groups in total. The Hall–Kier alpha value is -1.27. The van der Waals surface area contributed by atoms with Crippen LogP contribution in [0.5, 0.6) is 0 Å². The van der Waals surface area contributed by atoms with Crippen molar-refractivity contribution in [1.82, 2.24) is 0 Å². The Morgan fingerprint density at radius 3 is 2.41 bits per heavy atom. The Bertz CT molecular complexity index is 355. The van der Waals surface area contributed by atoms with Crippen molar-refractivity contribution >= 4 is 5.69 Å². The highest BCUT2D eigenvalue weighted by Crippen LogP contribution is 2.24. The van der Waals surface area contributed by atoms with Crippen molar-refractivity contribution in [1.29, 1.82) is 0 Å². The van der Waals surface area contributed by atoms with Gasteiger partial charge in [0.15, 0.2) is 0 Å². The minimum atomic E-state index is -4.31. The molecule has 1 rings (SSSR count). The van der Waals surface area contributed by atoms with Crippen LogP contribution in [0.25, 0.3) is 0 Å². The number of halogens is 3. The molecule has 6 heteroatoms. The zero-order valence-corrected chi connectivity index (χ0v) is 9.24. The molecule has 0 aliphatic carbocycles. The molecule has 0 aliphatic heterocycles. The molecule has 0 saturated heterocycles. The summed E-state index contributed by atoms with van der Waals surface area (Å²) in [5.41, 5.74) is 6.53. The first-order valence-corrected chi connectivity index (χ1v) is 5.18. The van der Waals surface area contributed by atoms with Gasteiger partial charge in [-0.3, -0.25) is 0 Å². The van der Waals surface area contributed by atoms with E-state index < -0.39 is 12.7 Å². The largest absolute Gasteiger partial charge is 0.405 e. The van der Waals surface area contributed by atoms with Crippen molar-refractivity contribution in [2.45, 2.75) is 12.7 Å². The molecule has 1 aromatic carbocycles. The smallest absolute Gasteiger partial charge is 0.395 e. The summed E-state index contributed by atoms with van der Waals surface area (Å²) >= 11 is 0. The Labute approximate surface area is 97.6 Å². The summed E-state index contributed by atoms with van der Waals surface area (Å²) in [6.07, 6.45) is -4.31. The number of nitrogens with zero attached hydrogens (tertiary/aromatic N) is 1. The molecule has 0 unspecified atom stereocenters. The van der Waals surface area contributed by atoms with Gasteiger partial charge in [-0.1, -0.05) is 18.2 Å². The Balaban J connectivity index is 2.96. The summed E-state index contributed by atoms with van der Waals surface area (Å²) in [6.45, 7) is -1.34. The molecule has 17 heavy (non-hydrogen) atoms. The number of hydrogen-bond donors (Lipinski definition) is 2. The van der Waals surface area contributed by atoms with Gasteiger partial charge in [-0.15, -0.1) is 0 Å². The van der Waals surface area contributed by atoms with Gasteiger partial charge in [-0.25, -0.2) is 0 Å². The van der Waals surface area contributed by atoms with Crippen molar-refractivity contribution in [3.8, 4) is 0 Å². The molecule has 0 aromatic heterocycles. The molecule has 0 aliphatic rings. The number of alkyl halides is 3. The van der Waals surface area contributed by atoms with Crippen LogP contribution in [-0.2, 0) is 6.54 Å². The van der Waals surface area contributed by atoms with E-state index in [4.69, 9.17) is 10.8 Å². The number of benzene rings is 1. The van der Waals surface area contributed by atoms with Crippen molar-refractivity contribution in [3.63, 3.8) is 0 Å². The highest BCUT2D eigenvalue weighted by molar-refractivity contribution is 5.53. The first kappa shape index (κ1) is 13.8. The Morgan fingerprint density at radius 2 is 1.88 bits per heavy atom. The van der Waals surface area contributed by atoms with Crippen LogP contribution < -0.4 is 10.6 Å². The van der Waals surface area contributed by atoms with Gasteiger partial charge in [0.05, 0.1) is 6.61 Å². The van der Waals surface area contributed by atoms with Crippen LogP contribution in [0.15, 0.2) is 24.3 Å². The maximum Gasteiger partial charge on any atom is 0.405 e. The van der Waals surface area contributed by atoms with Gasteiger partial charge in [-0.2, -0.15) is 13.2 Å². The van der Waals surface area contributed by atoms with Gasteiger partial charge in [0, 0.05) is 18.8 Å². The van der Waals surface area contributed by atoms with Crippen LogP contribution in [0.4, 0.5) is 18.9 Å². The van der Waals surface area contributed by atoms with Gasteiger partial charge in [0.2, 0.25) is 0 Å². The molecule has 0 spiro atoms. The molecule has 0 saturated carbocycles. The summed E-state index contributed by atoms with van der Waals surface area (Å²) < 4.78 is 37.2. The average molecular weight is 248 g/mol. The summed E-state index contributed by atoms with van der Waals surface area (Å²) in [5.74, 6) is 0. The van der Waals surface area contributed by atoms with Crippen LogP contribution in [0, 0.1) is 0 Å². The van der Waals surface area contributed by atoms with Crippen LogP contribution in [-0.4, -0.2) is 31.0 Å². The fourth-order valence-corrected chi connectivity index (χ4v) is 1.61. The van der Waals surface area contributed by atoms with E-state index in [0.29, 0.717) is 11.3 Å². The predicted octanol–water partition coefficient (Wildman–Crippen LogP) is 1.51. The van der Waals surface area contributed by atoms with E-state index in [1.54, 1.807) is 24.3 Å². The zero-order chi connectivity index (χ0) is 12.9. The maximum atomic E-state index is 12.4. The van der Waals surface area contributed by atoms with E-state index in [0.717, 1.165) is 4.90 Å². The number of nitrogens with two attached hydrogens (primary N) is 1. The fourth-order valence-electron chi connectivity index (χ4n) is 1.61. The summed E-state index contributed by atoms with van der Waals surface area (Å²) in [4.78, 5) is 1.09. The molecule has 0 atom stereocenters. The summed E-state index contributed by atoms with van der Waals surface area (Å²) in [5, 5.41) is 8.82. The van der Waals surface area contributed by atoms with Gasteiger partial charge < -0.3 is 15.7 Å². The number of para-hydroxylation sites is 1. The van der Waals surface area contributed by atoms with Crippen LogP contribution in [0.3, 0.4) is 0 Å². The Kier molecular flexibility index (Phi) is 4.77. The monoisotopic (exact) mass is 248 g/mol. The van der Waals surface area contributed by atoms with Gasteiger partial charge >= 0.3 is 6.18 Å². The average Bonchev–Trinajstić information content (AvgIpc) is 2.27. The Morgan fingerprint density at radius 1 is 1.24 bits per heavy atom. The minimum absolute atomic E-state index is 0.0729. The number of aliphatic hydroxyl groups excluding tert-OH is 1. The molecule has 0 bridgehead atoms. The number of hydrogen-bond acceptors (Lipinski definition) is 3. The minimum Gasteiger partial charge on any atom is -0.395 e. The lowest BCUT2D eigenvalue weighted by Gasteiger charge is -2.27. The van der Waals surface area contributed by atoms with Gasteiger partial charge in [0.25, 0.3) is 0 Å². The quantitative estimate of drug-likeness (QED) is 0.830. The molecule has 96 valence electrons. The van der Waals surface area contributed by atoms with Gasteiger partial charge in [0.1, 0.15) is 6.54 Å². The van der Waals surface area contributed by atoms with Crippen LogP contribution in [0.1, 0.15) is 5.56 Å². The van der Waals surface area contributed by atoms with E-state index in [-0.39, 0.29) is 19.7 Å². The van der Waals surface area contributed by atoms with E-state index >= 15 is 0 Å². The predicted molar refractivity (Wildman–Crippen MR) is 59.7 cm³/mol. The van der Waals surface area contributed by atoms with Gasteiger partial charge in [-0.05, 0) is 11.6 Å². The van der Waals surface area contributed by atoms with Crippen molar-refractivity contribution < 1.29 is 18.3 Å². The lowest BCUT2D eigenvalue weighted by atomic mass is 10.1. The molecule has 3 nitrogen and oxygen atoms in total. The van der Waals surface area contributed by atoms with Crippen LogP contribution >= 0.6 is 0 Å². The normalized spacial score (nSPS) is 11.6. The third kappa shape index (κ3) is 4.24. The van der Waals surface area contributed by atoms with Crippen molar-refractivity contribution in [3.05, 3.63) is 29.8 Å². The topological polar surface area (TPSA) is 49.5 Å². The molecule has 0 amide bonds. The standard InChI is InChI=1S/C11H15F3N2O/c12-11(13,14)8-16(5-6-17)10-4-2-1-3-9(10)7-15/h1-4,17H,5-8,15H2. The van der Waals surface area contributed by atoms with E-state index in [1.807, 2.05) is 0 Å². The SMILES string of the molecule is NCc1ccccc1N(CCO)CC(F)(F)F. The number of aliphatic hydroxyl groups is 1. The highest BCUT2D eigenvalue weighted by atomic mass is 19.4. The summed E-state index contributed by atoms with van der Waals surface area (Å²) in [7, 11) is 0. The molecule has 0 radical (unpaired) electrons. The number of rotatable bonds is 5. The third-order valence-electron chi connectivity index (χ3n) is 2.29. The first-order chi connectivity index (χ1) is 7.98. The molecular weight excluding hydrogens is 233 g/mol. The zero-order valence-electron chi connectivity index (χ0n) is 9.24.